The lowest BCUT2D eigenvalue weighted by atomic mass is 9.95. The number of ether oxygens (including phenoxy) is 4. The van der Waals surface area contributed by atoms with Gasteiger partial charge >= 0.3 is 0 Å². The Labute approximate surface area is 228 Å². The zero-order chi connectivity index (χ0) is 30.3. The molecule has 2 amide bonds. The highest BCUT2D eigenvalue weighted by molar-refractivity contribution is 5.73. The highest BCUT2D eigenvalue weighted by Gasteiger charge is 2.52. The maximum atomic E-state index is 12.0. The molecule has 0 saturated carbocycles. The van der Waals surface area contributed by atoms with Crippen LogP contribution in [0.3, 0.4) is 0 Å². The molecule has 234 valence electrons. The van der Waals surface area contributed by atoms with Crippen LogP contribution in [0.15, 0.2) is 0 Å². The number of hydrogen-bond acceptors (Lipinski definition) is 16. The Morgan fingerprint density at radius 2 is 1.40 bits per heavy atom. The molecule has 0 aromatic heterocycles. The predicted molar refractivity (Wildman–Crippen MR) is 127 cm³/mol. The molecule has 2 heterocycles. The highest BCUT2D eigenvalue weighted by atomic mass is 16.7. The fraction of sp³-hybridized carbons (Fsp3) is 0.909. The topological polar surface area (TPSA) is 297 Å². The average Bonchev–Trinajstić information content (AvgIpc) is 2.92. The first-order valence-electron chi connectivity index (χ1n) is 12.5. The second-order valence-corrected chi connectivity index (χ2v) is 9.57. The Hall–Kier alpha value is -1.62. The lowest BCUT2D eigenvalue weighted by Crippen LogP contribution is -2.68. The van der Waals surface area contributed by atoms with Crippen LogP contribution < -0.4 is 10.6 Å². The number of aliphatic hydroxyl groups is 10. The van der Waals surface area contributed by atoms with E-state index in [-0.39, 0.29) is 0 Å². The SMILES string of the molecule is CC(=O)N[C@H]1[C@H](O[C@@H]([C@H](O)[C@H](CO)NC(C)=O)[C@H](O)CO)O[C@H](CO)[C@@H](O[C@@H]2O[C@H](CO)[C@@H](O)[C@H](O)[C@@H]2O)[C@@H]1O. The van der Waals surface area contributed by atoms with E-state index < -0.39 is 124 Å². The van der Waals surface area contributed by atoms with Gasteiger partial charge in [0.2, 0.25) is 11.8 Å². The Balaban J connectivity index is 2.35. The fourth-order valence-corrected chi connectivity index (χ4v) is 4.46. The Bertz CT molecular complexity index is 807. The molecular weight excluding hydrogens is 548 g/mol. The number of nitrogens with one attached hydrogen (secondary N) is 2. The number of rotatable bonds is 13. The molecule has 2 aliphatic heterocycles. The third kappa shape index (κ3) is 8.23. The van der Waals surface area contributed by atoms with E-state index >= 15 is 0 Å². The molecule has 18 nitrogen and oxygen atoms in total. The predicted octanol–water partition coefficient (Wildman–Crippen LogP) is -7.65. The molecule has 0 unspecified atom stereocenters. The third-order valence-electron chi connectivity index (χ3n) is 6.55. The third-order valence-corrected chi connectivity index (χ3v) is 6.55. The smallest absolute Gasteiger partial charge is 0.217 e. The summed E-state index contributed by atoms with van der Waals surface area (Å²) in [7, 11) is 0. The molecule has 2 fully saturated rings. The summed E-state index contributed by atoms with van der Waals surface area (Å²) in [5.74, 6) is -1.37. The van der Waals surface area contributed by atoms with E-state index in [9.17, 15) is 60.7 Å². The van der Waals surface area contributed by atoms with Crippen molar-refractivity contribution in [3.05, 3.63) is 0 Å². The molecule has 40 heavy (non-hydrogen) atoms. The monoisotopic (exact) mass is 588 g/mol. The molecule has 0 radical (unpaired) electrons. The van der Waals surface area contributed by atoms with E-state index in [1.807, 2.05) is 0 Å². The van der Waals surface area contributed by atoms with E-state index in [1.54, 1.807) is 0 Å². The molecule has 0 aliphatic carbocycles. The van der Waals surface area contributed by atoms with Crippen LogP contribution in [-0.2, 0) is 28.5 Å². The minimum Gasteiger partial charge on any atom is -0.394 e. The lowest BCUT2D eigenvalue weighted by molar-refractivity contribution is -0.354. The van der Waals surface area contributed by atoms with Gasteiger partial charge < -0.3 is 80.6 Å². The normalized spacial score (nSPS) is 37.7. The lowest BCUT2D eigenvalue weighted by Gasteiger charge is -2.48. The molecule has 0 bridgehead atoms. The zero-order valence-electron chi connectivity index (χ0n) is 21.8. The summed E-state index contributed by atoms with van der Waals surface area (Å²) < 4.78 is 22.1. The van der Waals surface area contributed by atoms with Gasteiger partial charge in [-0.15, -0.1) is 0 Å². The summed E-state index contributed by atoms with van der Waals surface area (Å²) in [5, 5.41) is 106. The summed E-state index contributed by atoms with van der Waals surface area (Å²) in [6, 6.07) is -2.93. The van der Waals surface area contributed by atoms with Gasteiger partial charge in [-0.3, -0.25) is 9.59 Å². The summed E-state index contributed by atoms with van der Waals surface area (Å²) in [6.45, 7) is -1.24. The van der Waals surface area contributed by atoms with Gasteiger partial charge in [-0.05, 0) is 0 Å². The Morgan fingerprint density at radius 1 is 0.800 bits per heavy atom. The van der Waals surface area contributed by atoms with E-state index in [2.05, 4.69) is 10.6 Å². The Morgan fingerprint density at radius 3 is 1.90 bits per heavy atom. The number of aliphatic hydroxyl groups excluding tert-OH is 10. The van der Waals surface area contributed by atoms with Crippen LogP contribution >= 0.6 is 0 Å². The van der Waals surface area contributed by atoms with E-state index in [0.29, 0.717) is 0 Å². The van der Waals surface area contributed by atoms with Gasteiger partial charge in [-0.2, -0.15) is 0 Å². The van der Waals surface area contributed by atoms with Gasteiger partial charge in [0.15, 0.2) is 12.6 Å². The van der Waals surface area contributed by atoms with Crippen molar-refractivity contribution in [1.82, 2.24) is 10.6 Å². The van der Waals surface area contributed by atoms with Crippen molar-refractivity contribution in [3.8, 4) is 0 Å². The zero-order valence-corrected chi connectivity index (χ0v) is 21.8. The van der Waals surface area contributed by atoms with Crippen LogP contribution in [0.25, 0.3) is 0 Å². The van der Waals surface area contributed by atoms with Crippen LogP contribution in [0.4, 0.5) is 0 Å². The van der Waals surface area contributed by atoms with Gasteiger partial charge in [0, 0.05) is 13.8 Å². The van der Waals surface area contributed by atoms with E-state index in [0.717, 1.165) is 13.8 Å². The maximum absolute atomic E-state index is 12.0. The van der Waals surface area contributed by atoms with Crippen molar-refractivity contribution in [3.63, 3.8) is 0 Å². The Kier molecular flexibility index (Phi) is 13.5. The highest BCUT2D eigenvalue weighted by Crippen LogP contribution is 2.30. The van der Waals surface area contributed by atoms with Crippen LogP contribution in [0.2, 0.25) is 0 Å². The first-order chi connectivity index (χ1) is 18.8. The van der Waals surface area contributed by atoms with Gasteiger partial charge in [0.25, 0.3) is 0 Å². The second kappa shape index (κ2) is 15.6. The van der Waals surface area contributed by atoms with Crippen molar-refractivity contribution in [2.24, 2.45) is 0 Å². The van der Waals surface area contributed by atoms with Crippen molar-refractivity contribution in [2.45, 2.75) is 99.6 Å². The standard InChI is InChI=1S/C22H40N2O16/c1-7(29)23-9(3-25)14(32)19(10(31)4-26)39-21-13(24-8(2)30)16(34)20(12(6-28)38-21)40-22-18(36)17(35)15(33)11(5-27)37-22/h9-22,25-28,31-36H,3-6H2,1-2H3,(H,23,29)(H,24,30)/t9-,10+,11+,12+,13+,14+,15+,16+,17-,18-,19+,20+,21-,22-/m0/s1. The second-order valence-electron chi connectivity index (χ2n) is 9.57. The summed E-state index contributed by atoms with van der Waals surface area (Å²) in [6.07, 6.45) is -20.6. The quantitative estimate of drug-likeness (QED) is 0.0950. The van der Waals surface area contributed by atoms with Crippen LogP contribution in [0.1, 0.15) is 13.8 Å². The van der Waals surface area contributed by atoms with Crippen LogP contribution in [0, 0.1) is 0 Å². The largest absolute Gasteiger partial charge is 0.394 e. The van der Waals surface area contributed by atoms with E-state index in [4.69, 9.17) is 18.9 Å². The summed E-state index contributed by atoms with van der Waals surface area (Å²) in [5.41, 5.74) is 0. The molecule has 18 heteroatoms. The summed E-state index contributed by atoms with van der Waals surface area (Å²) >= 11 is 0. The van der Waals surface area contributed by atoms with Gasteiger partial charge in [0.05, 0.1) is 32.5 Å². The van der Waals surface area contributed by atoms with Crippen molar-refractivity contribution >= 4 is 11.8 Å². The van der Waals surface area contributed by atoms with E-state index in [1.165, 1.54) is 0 Å². The number of carbonyl (C=O) groups excluding carboxylic acids is 2. The number of hydrogen-bond donors (Lipinski definition) is 12. The minimum absolute atomic E-state index is 0.649. The maximum Gasteiger partial charge on any atom is 0.217 e. The molecule has 2 rings (SSSR count). The van der Waals surface area contributed by atoms with Gasteiger partial charge in [-0.1, -0.05) is 0 Å². The van der Waals surface area contributed by atoms with Crippen molar-refractivity contribution in [2.75, 3.05) is 26.4 Å². The van der Waals surface area contributed by atoms with Crippen LogP contribution in [0.5, 0.6) is 0 Å². The molecule has 14 atom stereocenters. The average molecular weight is 589 g/mol. The molecular formula is C22H40N2O16. The fourth-order valence-electron chi connectivity index (χ4n) is 4.46. The number of carbonyl (C=O) groups is 2. The first kappa shape index (κ1) is 34.6. The first-order valence-corrected chi connectivity index (χ1v) is 12.5. The molecule has 0 spiro atoms. The molecule has 0 aromatic rings. The minimum atomic E-state index is -1.87. The number of amides is 2. The van der Waals surface area contributed by atoms with Gasteiger partial charge in [0.1, 0.15) is 67.1 Å². The molecule has 2 saturated heterocycles. The molecule has 2 aliphatic rings. The summed E-state index contributed by atoms with van der Waals surface area (Å²) in [4.78, 5) is 23.4. The molecule has 0 aromatic carbocycles. The van der Waals surface area contributed by atoms with Crippen molar-refractivity contribution in [1.29, 1.82) is 0 Å². The molecule has 12 N–H and O–H groups in total. The van der Waals surface area contributed by atoms with Crippen LogP contribution in [-0.4, -0.2) is 175 Å². The van der Waals surface area contributed by atoms with Gasteiger partial charge in [-0.25, -0.2) is 0 Å². The van der Waals surface area contributed by atoms with Crippen molar-refractivity contribution < 1.29 is 79.6 Å².